The van der Waals surface area contributed by atoms with Crippen molar-refractivity contribution in [1.82, 2.24) is 0 Å². The van der Waals surface area contributed by atoms with Gasteiger partial charge in [-0.15, -0.1) is 0 Å². The van der Waals surface area contributed by atoms with Gasteiger partial charge in [0.15, 0.2) is 6.10 Å². The Kier molecular flexibility index (Phi) is 49.3. The molecule has 0 aromatic rings. The molecule has 0 bridgehead atoms. The molecule has 0 radical (unpaired) electrons. The highest BCUT2D eigenvalue weighted by Crippen LogP contribution is 2.16. The largest absolute Gasteiger partial charge is 0.462 e. The van der Waals surface area contributed by atoms with Crippen LogP contribution in [0.5, 0.6) is 0 Å². The lowest BCUT2D eigenvalue weighted by atomic mass is 10.0. The average molecular weight is 861 g/mol. The Morgan fingerprint density at radius 2 is 0.541 bits per heavy atom. The molecule has 0 aliphatic carbocycles. The van der Waals surface area contributed by atoms with Crippen molar-refractivity contribution in [1.29, 1.82) is 0 Å². The predicted octanol–water partition coefficient (Wildman–Crippen LogP) is 17.8. The molecule has 0 saturated heterocycles. The maximum Gasteiger partial charge on any atom is 0.306 e. The normalized spacial score (nSPS) is 12.0. The van der Waals surface area contributed by atoms with E-state index in [1.54, 1.807) is 0 Å². The fraction of sp³-hybridized carbons (Fsp3) is 0.909. The fourth-order valence-corrected chi connectivity index (χ4v) is 8.14. The van der Waals surface area contributed by atoms with Crippen LogP contribution in [0.15, 0.2) is 12.2 Å². The number of rotatable bonds is 50. The zero-order valence-corrected chi connectivity index (χ0v) is 41.2. The van der Waals surface area contributed by atoms with Crippen molar-refractivity contribution < 1.29 is 28.6 Å². The van der Waals surface area contributed by atoms with Crippen LogP contribution in [0.4, 0.5) is 0 Å². The van der Waals surface area contributed by atoms with E-state index in [4.69, 9.17) is 14.2 Å². The number of unbranched alkanes of at least 4 members (excludes halogenated alkanes) is 37. The fourth-order valence-electron chi connectivity index (χ4n) is 8.14. The molecule has 0 amide bonds. The molecule has 0 aliphatic heterocycles. The zero-order valence-electron chi connectivity index (χ0n) is 41.2. The summed E-state index contributed by atoms with van der Waals surface area (Å²) >= 11 is 0. The van der Waals surface area contributed by atoms with Gasteiger partial charge < -0.3 is 14.2 Å². The topological polar surface area (TPSA) is 78.9 Å². The molecule has 0 fully saturated rings. The maximum absolute atomic E-state index is 12.8. The molecule has 6 heteroatoms. The number of carbonyl (C=O) groups is 3. The molecular weight excluding hydrogens is 757 g/mol. The van der Waals surface area contributed by atoms with Crippen molar-refractivity contribution in [2.45, 2.75) is 309 Å². The SMILES string of the molecule is CCCCCCCC/C=C\CCCCCCCCCC(=O)OCC(COC(=O)CCCCCCCCCCCCCC)OC(=O)CCCCCCCCCCCCCCCC. The van der Waals surface area contributed by atoms with E-state index in [9.17, 15) is 14.4 Å². The summed E-state index contributed by atoms with van der Waals surface area (Å²) in [5.74, 6) is -0.851. The highest BCUT2D eigenvalue weighted by Gasteiger charge is 2.19. The van der Waals surface area contributed by atoms with Gasteiger partial charge in [-0.1, -0.05) is 251 Å². The van der Waals surface area contributed by atoms with Gasteiger partial charge in [-0.05, 0) is 44.9 Å². The van der Waals surface area contributed by atoms with E-state index in [2.05, 4.69) is 32.9 Å². The van der Waals surface area contributed by atoms with Gasteiger partial charge in [-0.3, -0.25) is 14.4 Å². The van der Waals surface area contributed by atoms with Gasteiger partial charge in [0.25, 0.3) is 0 Å². The van der Waals surface area contributed by atoms with Crippen molar-refractivity contribution in [2.75, 3.05) is 13.2 Å². The van der Waals surface area contributed by atoms with E-state index in [-0.39, 0.29) is 31.1 Å². The molecule has 0 saturated carbocycles. The minimum absolute atomic E-state index is 0.0657. The van der Waals surface area contributed by atoms with Gasteiger partial charge in [0.2, 0.25) is 0 Å². The third-order valence-corrected chi connectivity index (χ3v) is 12.3. The second-order valence-electron chi connectivity index (χ2n) is 18.5. The Morgan fingerprint density at radius 1 is 0.311 bits per heavy atom. The third kappa shape index (κ3) is 49.0. The minimum atomic E-state index is -0.764. The molecule has 0 heterocycles. The first-order valence-corrected chi connectivity index (χ1v) is 27.2. The van der Waals surface area contributed by atoms with Crippen molar-refractivity contribution in [2.24, 2.45) is 0 Å². The van der Waals surface area contributed by atoms with Gasteiger partial charge in [-0.2, -0.15) is 0 Å². The van der Waals surface area contributed by atoms with Crippen molar-refractivity contribution in [3.05, 3.63) is 12.2 Å². The van der Waals surface area contributed by atoms with Gasteiger partial charge in [0.1, 0.15) is 13.2 Å². The standard InChI is InChI=1S/C55H104O6/c1-4-7-10-13-16-19-22-25-27-28-29-31-33-36-39-42-45-48-54(57)60-51-52(50-59-53(56)47-44-41-38-35-32-24-21-18-15-12-9-6-3)61-55(58)49-46-43-40-37-34-30-26-23-20-17-14-11-8-5-2/h25,27,52H,4-24,26,28-51H2,1-3H3/b27-25-. The van der Waals surface area contributed by atoms with Crippen LogP contribution in [-0.4, -0.2) is 37.2 Å². The van der Waals surface area contributed by atoms with Crippen LogP contribution in [0.2, 0.25) is 0 Å². The Hall–Kier alpha value is -1.85. The Bertz CT molecular complexity index is 947. The van der Waals surface area contributed by atoms with Crippen molar-refractivity contribution in [3.8, 4) is 0 Å². The molecule has 0 aliphatic rings. The monoisotopic (exact) mass is 861 g/mol. The van der Waals surface area contributed by atoms with E-state index in [1.807, 2.05) is 0 Å². The van der Waals surface area contributed by atoms with Crippen LogP contribution in [0.1, 0.15) is 303 Å². The van der Waals surface area contributed by atoms with Crippen LogP contribution in [0.3, 0.4) is 0 Å². The molecular formula is C55H104O6. The molecule has 0 N–H and O–H groups in total. The van der Waals surface area contributed by atoms with Crippen LogP contribution >= 0.6 is 0 Å². The van der Waals surface area contributed by atoms with Crippen LogP contribution < -0.4 is 0 Å². The second-order valence-corrected chi connectivity index (χ2v) is 18.5. The number of ether oxygens (including phenoxy) is 3. The summed E-state index contributed by atoms with van der Waals surface area (Å²) in [7, 11) is 0. The highest BCUT2D eigenvalue weighted by atomic mass is 16.6. The van der Waals surface area contributed by atoms with E-state index in [0.29, 0.717) is 19.3 Å². The van der Waals surface area contributed by atoms with Gasteiger partial charge >= 0.3 is 17.9 Å². The van der Waals surface area contributed by atoms with Crippen molar-refractivity contribution in [3.63, 3.8) is 0 Å². The number of hydrogen-bond acceptors (Lipinski definition) is 6. The van der Waals surface area contributed by atoms with Gasteiger partial charge in [0, 0.05) is 19.3 Å². The first-order chi connectivity index (χ1) is 30.0. The minimum Gasteiger partial charge on any atom is -0.462 e. The molecule has 0 aromatic carbocycles. The first kappa shape index (κ1) is 59.1. The lowest BCUT2D eigenvalue weighted by Gasteiger charge is -2.18. The van der Waals surface area contributed by atoms with Gasteiger partial charge in [-0.25, -0.2) is 0 Å². The summed E-state index contributed by atoms with van der Waals surface area (Å²) in [5, 5.41) is 0. The zero-order chi connectivity index (χ0) is 44.4. The van der Waals surface area contributed by atoms with Crippen LogP contribution in [0.25, 0.3) is 0 Å². The lowest BCUT2D eigenvalue weighted by Crippen LogP contribution is -2.30. The molecule has 360 valence electrons. The van der Waals surface area contributed by atoms with E-state index >= 15 is 0 Å². The quantitative estimate of drug-likeness (QED) is 0.0262. The van der Waals surface area contributed by atoms with Crippen LogP contribution in [-0.2, 0) is 28.6 Å². The van der Waals surface area contributed by atoms with E-state index in [0.717, 1.165) is 57.8 Å². The summed E-state index contributed by atoms with van der Waals surface area (Å²) < 4.78 is 16.8. The second kappa shape index (κ2) is 50.8. The van der Waals surface area contributed by atoms with Crippen molar-refractivity contribution >= 4 is 17.9 Å². The molecule has 6 nitrogen and oxygen atoms in total. The molecule has 0 spiro atoms. The number of esters is 3. The molecule has 61 heavy (non-hydrogen) atoms. The molecule has 0 rings (SSSR count). The van der Waals surface area contributed by atoms with E-state index < -0.39 is 6.10 Å². The number of allylic oxidation sites excluding steroid dienone is 2. The van der Waals surface area contributed by atoms with Crippen LogP contribution in [0, 0.1) is 0 Å². The number of hydrogen-bond donors (Lipinski definition) is 0. The summed E-state index contributed by atoms with van der Waals surface area (Å²) in [6, 6.07) is 0. The average Bonchev–Trinajstić information content (AvgIpc) is 3.26. The Morgan fingerprint density at radius 3 is 0.820 bits per heavy atom. The Labute approximate surface area is 380 Å². The lowest BCUT2D eigenvalue weighted by molar-refractivity contribution is -0.167. The third-order valence-electron chi connectivity index (χ3n) is 12.3. The summed E-state index contributed by atoms with van der Waals surface area (Å²) in [6.07, 6.45) is 56.2. The maximum atomic E-state index is 12.8. The first-order valence-electron chi connectivity index (χ1n) is 27.2. The summed E-state index contributed by atoms with van der Waals surface area (Å²) in [4.78, 5) is 38.0. The smallest absolute Gasteiger partial charge is 0.306 e. The van der Waals surface area contributed by atoms with Gasteiger partial charge in [0.05, 0.1) is 0 Å². The molecule has 1 atom stereocenters. The molecule has 1 unspecified atom stereocenters. The molecule has 0 aromatic heterocycles. The van der Waals surface area contributed by atoms with E-state index in [1.165, 1.54) is 205 Å². The summed E-state index contributed by atoms with van der Waals surface area (Å²) in [5.41, 5.74) is 0. The highest BCUT2D eigenvalue weighted by molar-refractivity contribution is 5.71. The Balaban J connectivity index is 4.31. The summed E-state index contributed by atoms with van der Waals surface area (Å²) in [6.45, 7) is 6.67. The number of carbonyl (C=O) groups excluding carboxylic acids is 3. The predicted molar refractivity (Wildman–Crippen MR) is 261 cm³/mol.